The standard InChI is InChI=1S/C18H25ClN2O3S/c1-12(17-9-13-6-7-14(17)8-13)20-18(22)11-21(25(2,23)24)16-5-3-4-15(19)10-16/h3-5,10,12-14,17H,6-9,11H2,1-2H3,(H,20,22)/t12-,13+,14+,17-/m1/s1. The maximum atomic E-state index is 12.5. The lowest BCUT2D eigenvalue weighted by atomic mass is 9.84. The van der Waals surface area contributed by atoms with E-state index in [0.717, 1.165) is 16.5 Å². The molecule has 0 aromatic heterocycles. The normalized spacial score (nSPS) is 26.4. The van der Waals surface area contributed by atoms with Crippen LogP contribution in [0.1, 0.15) is 32.6 Å². The Labute approximate surface area is 154 Å². The zero-order valence-corrected chi connectivity index (χ0v) is 16.2. The highest BCUT2D eigenvalue weighted by Gasteiger charge is 2.42. The van der Waals surface area contributed by atoms with Gasteiger partial charge >= 0.3 is 0 Å². The van der Waals surface area contributed by atoms with Crippen LogP contribution in [0.3, 0.4) is 0 Å². The van der Waals surface area contributed by atoms with Gasteiger partial charge in [-0.2, -0.15) is 0 Å². The van der Waals surface area contributed by atoms with E-state index in [1.807, 2.05) is 6.92 Å². The van der Waals surface area contributed by atoms with Crippen LogP contribution in [0, 0.1) is 17.8 Å². The van der Waals surface area contributed by atoms with E-state index in [9.17, 15) is 13.2 Å². The molecule has 3 rings (SSSR count). The molecule has 138 valence electrons. The Morgan fingerprint density at radius 2 is 2.12 bits per heavy atom. The van der Waals surface area contributed by atoms with Gasteiger partial charge in [0.25, 0.3) is 0 Å². The highest BCUT2D eigenvalue weighted by Crippen LogP contribution is 2.49. The highest BCUT2D eigenvalue weighted by atomic mass is 35.5. The van der Waals surface area contributed by atoms with E-state index in [0.29, 0.717) is 22.5 Å². The van der Waals surface area contributed by atoms with Crippen LogP contribution in [0.5, 0.6) is 0 Å². The number of benzene rings is 1. The molecule has 2 bridgehead atoms. The number of carbonyl (C=O) groups is 1. The predicted molar refractivity (Wildman–Crippen MR) is 100 cm³/mol. The minimum atomic E-state index is -3.58. The number of anilines is 1. The van der Waals surface area contributed by atoms with E-state index >= 15 is 0 Å². The van der Waals surface area contributed by atoms with Crippen molar-refractivity contribution in [2.45, 2.75) is 38.6 Å². The zero-order valence-electron chi connectivity index (χ0n) is 14.6. The lowest BCUT2D eigenvalue weighted by Crippen LogP contribution is -2.46. The van der Waals surface area contributed by atoms with Crippen molar-refractivity contribution < 1.29 is 13.2 Å². The number of hydrogen-bond donors (Lipinski definition) is 1. The molecule has 1 aromatic carbocycles. The molecule has 2 fully saturated rings. The summed E-state index contributed by atoms with van der Waals surface area (Å²) in [6.45, 7) is 1.80. The van der Waals surface area contributed by atoms with Gasteiger partial charge in [-0.05, 0) is 62.1 Å². The molecule has 2 aliphatic carbocycles. The third kappa shape index (κ3) is 4.29. The molecule has 7 heteroatoms. The average molecular weight is 385 g/mol. The molecule has 5 nitrogen and oxygen atoms in total. The van der Waals surface area contributed by atoms with Crippen LogP contribution in [-0.4, -0.2) is 33.2 Å². The summed E-state index contributed by atoms with van der Waals surface area (Å²) in [4.78, 5) is 12.5. The first-order chi connectivity index (χ1) is 11.7. The lowest BCUT2D eigenvalue weighted by molar-refractivity contribution is -0.120. The molecule has 25 heavy (non-hydrogen) atoms. The van der Waals surface area contributed by atoms with E-state index in [1.54, 1.807) is 24.3 Å². The Bertz CT molecular complexity index is 752. The van der Waals surface area contributed by atoms with Gasteiger partial charge < -0.3 is 5.32 Å². The molecule has 0 heterocycles. The van der Waals surface area contributed by atoms with E-state index in [2.05, 4.69) is 5.32 Å². The van der Waals surface area contributed by atoms with Gasteiger partial charge in [-0.1, -0.05) is 24.1 Å². The van der Waals surface area contributed by atoms with Crippen molar-refractivity contribution >= 4 is 33.2 Å². The minimum Gasteiger partial charge on any atom is -0.352 e. The van der Waals surface area contributed by atoms with Crippen LogP contribution in [0.25, 0.3) is 0 Å². The molecule has 0 saturated heterocycles. The third-order valence-electron chi connectivity index (χ3n) is 5.61. The molecular formula is C18H25ClN2O3S. The Kier molecular flexibility index (Phi) is 5.30. The van der Waals surface area contributed by atoms with Crippen molar-refractivity contribution in [2.75, 3.05) is 17.1 Å². The van der Waals surface area contributed by atoms with Gasteiger partial charge in [0.2, 0.25) is 15.9 Å². The number of nitrogens with zero attached hydrogens (tertiary/aromatic N) is 1. The number of fused-ring (bicyclic) bond motifs is 2. The maximum absolute atomic E-state index is 12.5. The van der Waals surface area contributed by atoms with Crippen LogP contribution in [0.15, 0.2) is 24.3 Å². The zero-order chi connectivity index (χ0) is 18.2. The third-order valence-corrected chi connectivity index (χ3v) is 6.98. The fourth-order valence-electron chi connectivity index (χ4n) is 4.47. The number of halogens is 1. The summed E-state index contributed by atoms with van der Waals surface area (Å²) < 4.78 is 25.4. The summed E-state index contributed by atoms with van der Waals surface area (Å²) in [6.07, 6.45) is 6.13. The second kappa shape index (κ2) is 7.16. The molecule has 0 aliphatic heterocycles. The molecule has 0 spiro atoms. The highest BCUT2D eigenvalue weighted by molar-refractivity contribution is 7.92. The summed E-state index contributed by atoms with van der Waals surface area (Å²) in [6, 6.07) is 6.60. The van der Waals surface area contributed by atoms with Gasteiger partial charge in [-0.3, -0.25) is 9.10 Å². The van der Waals surface area contributed by atoms with E-state index in [-0.39, 0.29) is 18.5 Å². The fourth-order valence-corrected chi connectivity index (χ4v) is 5.51. The minimum absolute atomic E-state index is 0.0728. The molecule has 2 aliphatic rings. The van der Waals surface area contributed by atoms with Crippen LogP contribution in [-0.2, 0) is 14.8 Å². The molecule has 2 saturated carbocycles. The first-order valence-electron chi connectivity index (χ1n) is 8.76. The van der Waals surface area contributed by atoms with E-state index < -0.39 is 10.0 Å². The fraction of sp³-hybridized carbons (Fsp3) is 0.611. The second-order valence-electron chi connectivity index (χ2n) is 7.44. The van der Waals surface area contributed by atoms with Crippen molar-refractivity contribution in [3.8, 4) is 0 Å². The van der Waals surface area contributed by atoms with E-state index in [4.69, 9.17) is 11.6 Å². The van der Waals surface area contributed by atoms with Crippen LogP contribution < -0.4 is 9.62 Å². The van der Waals surface area contributed by atoms with Gasteiger partial charge in [0.05, 0.1) is 11.9 Å². The van der Waals surface area contributed by atoms with Crippen LogP contribution >= 0.6 is 11.6 Å². The number of rotatable bonds is 6. The first-order valence-corrected chi connectivity index (χ1v) is 11.0. The number of sulfonamides is 1. The molecule has 1 aromatic rings. The topological polar surface area (TPSA) is 66.5 Å². The van der Waals surface area contributed by atoms with Gasteiger partial charge in [0.1, 0.15) is 6.54 Å². The summed E-state index contributed by atoms with van der Waals surface area (Å²) >= 11 is 5.96. The monoisotopic (exact) mass is 384 g/mol. The van der Waals surface area contributed by atoms with Crippen molar-refractivity contribution in [2.24, 2.45) is 17.8 Å². The SMILES string of the molecule is C[C@@H](NC(=O)CN(c1cccc(Cl)c1)S(C)(=O)=O)[C@H]1C[C@H]2CC[C@H]1C2. The second-order valence-corrected chi connectivity index (χ2v) is 9.79. The van der Waals surface area contributed by atoms with Crippen LogP contribution in [0.4, 0.5) is 5.69 Å². The van der Waals surface area contributed by atoms with Crippen LogP contribution in [0.2, 0.25) is 5.02 Å². The van der Waals surface area contributed by atoms with Crippen molar-refractivity contribution in [3.05, 3.63) is 29.3 Å². The van der Waals surface area contributed by atoms with Gasteiger partial charge in [-0.15, -0.1) is 0 Å². The molecule has 4 atom stereocenters. The van der Waals surface area contributed by atoms with Crippen molar-refractivity contribution in [1.29, 1.82) is 0 Å². The van der Waals surface area contributed by atoms with Crippen molar-refractivity contribution in [3.63, 3.8) is 0 Å². The largest absolute Gasteiger partial charge is 0.352 e. The van der Waals surface area contributed by atoms with Gasteiger partial charge in [0, 0.05) is 11.1 Å². The average Bonchev–Trinajstić information content (AvgIpc) is 3.14. The molecule has 1 amide bonds. The molecule has 0 radical (unpaired) electrons. The Morgan fingerprint density at radius 3 is 2.68 bits per heavy atom. The first kappa shape index (κ1) is 18.5. The smallest absolute Gasteiger partial charge is 0.240 e. The van der Waals surface area contributed by atoms with Gasteiger partial charge in [-0.25, -0.2) is 8.42 Å². The Morgan fingerprint density at radius 1 is 1.36 bits per heavy atom. The van der Waals surface area contributed by atoms with E-state index in [1.165, 1.54) is 25.7 Å². The van der Waals surface area contributed by atoms with Gasteiger partial charge in [0.15, 0.2) is 0 Å². The maximum Gasteiger partial charge on any atom is 0.240 e. The number of carbonyl (C=O) groups excluding carboxylic acids is 1. The lowest BCUT2D eigenvalue weighted by Gasteiger charge is -2.29. The summed E-state index contributed by atoms with van der Waals surface area (Å²) in [7, 11) is -3.58. The van der Waals surface area contributed by atoms with Crippen molar-refractivity contribution in [1.82, 2.24) is 5.32 Å². The quantitative estimate of drug-likeness (QED) is 0.819. The Balaban J connectivity index is 1.66. The predicted octanol–water partition coefficient (Wildman–Crippen LogP) is 3.05. The number of nitrogens with one attached hydrogen (secondary N) is 1. The number of hydrogen-bond acceptors (Lipinski definition) is 3. The summed E-state index contributed by atoms with van der Waals surface area (Å²) in [5.74, 6) is 1.76. The molecular weight excluding hydrogens is 360 g/mol. The Hall–Kier alpha value is -1.27. The molecule has 1 N–H and O–H groups in total. The summed E-state index contributed by atoms with van der Waals surface area (Å²) in [5.41, 5.74) is 0.401. The summed E-state index contributed by atoms with van der Waals surface area (Å²) in [5, 5.41) is 3.45. The number of amides is 1. The molecule has 0 unspecified atom stereocenters.